The molecule has 2 rings (SSSR count). The fraction of sp³-hybridized carbons (Fsp3) is 0.273. The molecule has 1 aromatic carbocycles. The normalized spacial score (nSPS) is 12.3. The molecule has 3 N–H and O–H groups in total. The van der Waals surface area contributed by atoms with Gasteiger partial charge < -0.3 is 10.7 Å². The molecule has 0 unspecified atom stereocenters. The molecule has 0 bridgehead atoms. The zero-order chi connectivity index (χ0) is 11.9. The van der Waals surface area contributed by atoms with E-state index in [-0.39, 0.29) is 0 Å². The van der Waals surface area contributed by atoms with Crippen molar-refractivity contribution in [2.75, 3.05) is 0 Å². The van der Waals surface area contributed by atoms with E-state index in [9.17, 15) is 13.2 Å². The van der Waals surface area contributed by atoms with Gasteiger partial charge in [0, 0.05) is 17.4 Å². The van der Waals surface area contributed by atoms with Gasteiger partial charge in [0.15, 0.2) is 0 Å². The summed E-state index contributed by atoms with van der Waals surface area (Å²) in [5.41, 5.74) is 6.91. The molecule has 0 aliphatic carbocycles. The Morgan fingerprint density at radius 2 is 2.00 bits per heavy atom. The third-order valence-corrected chi connectivity index (χ3v) is 2.69. The van der Waals surface area contributed by atoms with E-state index in [4.69, 9.17) is 5.73 Å². The molecule has 0 amide bonds. The molecule has 0 atom stereocenters. The van der Waals surface area contributed by atoms with Crippen LogP contribution in [-0.2, 0) is 12.7 Å². The minimum atomic E-state index is -4.34. The zero-order valence-corrected chi connectivity index (χ0v) is 8.65. The topological polar surface area (TPSA) is 41.8 Å². The highest BCUT2D eigenvalue weighted by Crippen LogP contribution is 2.32. The number of aromatic nitrogens is 1. The van der Waals surface area contributed by atoms with E-state index in [1.54, 1.807) is 19.1 Å². The van der Waals surface area contributed by atoms with Gasteiger partial charge in [-0.05, 0) is 24.1 Å². The van der Waals surface area contributed by atoms with Gasteiger partial charge in [0.25, 0.3) is 0 Å². The van der Waals surface area contributed by atoms with Crippen LogP contribution in [0.15, 0.2) is 18.2 Å². The minimum Gasteiger partial charge on any atom is -0.351 e. The predicted molar refractivity (Wildman–Crippen MR) is 55.9 cm³/mol. The van der Waals surface area contributed by atoms with Crippen LogP contribution in [0.3, 0.4) is 0 Å². The van der Waals surface area contributed by atoms with Gasteiger partial charge in [0.2, 0.25) is 0 Å². The smallest absolute Gasteiger partial charge is 0.351 e. The lowest BCUT2D eigenvalue weighted by atomic mass is 10.1. The number of nitrogens with two attached hydrogens (primary N) is 1. The molecule has 86 valence electrons. The standard InChI is InChI=1S/C11H11F3N2/c1-6-8(5-15)3-2-7-4-9(11(12,13)14)16-10(6)7/h2-4,16H,5,15H2,1H3. The summed E-state index contributed by atoms with van der Waals surface area (Å²) in [6.45, 7) is 2.09. The Morgan fingerprint density at radius 1 is 1.31 bits per heavy atom. The first-order valence-electron chi connectivity index (χ1n) is 4.82. The van der Waals surface area contributed by atoms with Crippen molar-refractivity contribution in [3.8, 4) is 0 Å². The molecule has 1 aromatic heterocycles. The third kappa shape index (κ3) is 1.67. The fourth-order valence-electron chi connectivity index (χ4n) is 1.76. The first-order valence-corrected chi connectivity index (χ1v) is 4.82. The molecule has 0 spiro atoms. The second-order valence-electron chi connectivity index (χ2n) is 3.70. The molecule has 16 heavy (non-hydrogen) atoms. The van der Waals surface area contributed by atoms with Crippen LogP contribution < -0.4 is 5.73 Å². The van der Waals surface area contributed by atoms with Crippen molar-refractivity contribution in [3.63, 3.8) is 0 Å². The van der Waals surface area contributed by atoms with Gasteiger partial charge in [0.1, 0.15) is 5.69 Å². The lowest BCUT2D eigenvalue weighted by Crippen LogP contribution is -2.04. The van der Waals surface area contributed by atoms with Crippen molar-refractivity contribution in [3.05, 3.63) is 35.0 Å². The second-order valence-corrected chi connectivity index (χ2v) is 3.70. The van der Waals surface area contributed by atoms with Crippen molar-refractivity contribution < 1.29 is 13.2 Å². The van der Waals surface area contributed by atoms with Crippen LogP contribution in [0.2, 0.25) is 0 Å². The van der Waals surface area contributed by atoms with Gasteiger partial charge >= 0.3 is 6.18 Å². The Kier molecular flexibility index (Phi) is 2.42. The Labute approximate surface area is 90.3 Å². The summed E-state index contributed by atoms with van der Waals surface area (Å²) in [7, 11) is 0. The molecule has 0 aliphatic rings. The molecular formula is C11H11F3N2. The highest BCUT2D eigenvalue weighted by Gasteiger charge is 2.32. The van der Waals surface area contributed by atoms with Gasteiger partial charge in [0.05, 0.1) is 0 Å². The van der Waals surface area contributed by atoms with Crippen LogP contribution in [-0.4, -0.2) is 4.98 Å². The molecule has 0 saturated carbocycles. The number of nitrogens with one attached hydrogen (secondary N) is 1. The van der Waals surface area contributed by atoms with Crippen LogP contribution in [0.1, 0.15) is 16.8 Å². The van der Waals surface area contributed by atoms with Crippen LogP contribution in [0.5, 0.6) is 0 Å². The van der Waals surface area contributed by atoms with Gasteiger partial charge in [-0.25, -0.2) is 0 Å². The molecule has 0 radical (unpaired) electrons. The number of benzene rings is 1. The van der Waals surface area contributed by atoms with Gasteiger partial charge in [-0.15, -0.1) is 0 Å². The van der Waals surface area contributed by atoms with Crippen molar-refractivity contribution in [1.82, 2.24) is 4.98 Å². The molecule has 0 aliphatic heterocycles. The van der Waals surface area contributed by atoms with Crippen molar-refractivity contribution >= 4 is 10.9 Å². The number of hydrogen-bond acceptors (Lipinski definition) is 1. The largest absolute Gasteiger partial charge is 0.431 e. The van der Waals surface area contributed by atoms with Crippen LogP contribution in [0.4, 0.5) is 13.2 Å². The zero-order valence-electron chi connectivity index (χ0n) is 8.65. The predicted octanol–water partition coefficient (Wildman–Crippen LogP) is 2.95. The Morgan fingerprint density at radius 3 is 2.56 bits per heavy atom. The molecular weight excluding hydrogens is 217 g/mol. The Balaban J connectivity index is 2.67. The highest BCUT2D eigenvalue weighted by molar-refractivity contribution is 5.84. The summed E-state index contributed by atoms with van der Waals surface area (Å²) in [5, 5.41) is 0.557. The van der Waals surface area contributed by atoms with E-state index >= 15 is 0 Å². The number of halogens is 3. The van der Waals surface area contributed by atoms with Crippen LogP contribution >= 0.6 is 0 Å². The molecule has 2 aromatic rings. The summed E-state index contributed by atoms with van der Waals surface area (Å²) in [6.07, 6.45) is -4.34. The lowest BCUT2D eigenvalue weighted by Gasteiger charge is -2.04. The Hall–Kier alpha value is -1.49. The monoisotopic (exact) mass is 228 g/mol. The highest BCUT2D eigenvalue weighted by atomic mass is 19.4. The molecule has 1 heterocycles. The van der Waals surface area contributed by atoms with E-state index in [0.717, 1.165) is 17.2 Å². The molecule has 0 saturated heterocycles. The van der Waals surface area contributed by atoms with Crippen molar-refractivity contribution in [2.45, 2.75) is 19.6 Å². The second kappa shape index (κ2) is 3.52. The summed E-state index contributed by atoms with van der Waals surface area (Å²) < 4.78 is 37.5. The maximum Gasteiger partial charge on any atom is 0.431 e. The summed E-state index contributed by atoms with van der Waals surface area (Å²) in [6, 6.07) is 4.52. The van der Waals surface area contributed by atoms with Gasteiger partial charge in [-0.1, -0.05) is 12.1 Å². The van der Waals surface area contributed by atoms with Gasteiger partial charge in [-0.3, -0.25) is 0 Å². The lowest BCUT2D eigenvalue weighted by molar-refractivity contribution is -0.140. The van der Waals surface area contributed by atoms with Crippen molar-refractivity contribution in [1.29, 1.82) is 0 Å². The first-order chi connectivity index (χ1) is 7.43. The Bertz CT molecular complexity index is 526. The van der Waals surface area contributed by atoms with Crippen molar-refractivity contribution in [2.24, 2.45) is 5.73 Å². The average molecular weight is 228 g/mol. The number of H-pyrrole nitrogens is 1. The molecule has 5 heteroatoms. The maximum atomic E-state index is 12.5. The number of aryl methyl sites for hydroxylation is 1. The summed E-state index contributed by atoms with van der Waals surface area (Å²) in [5.74, 6) is 0. The number of alkyl halides is 3. The first kappa shape index (κ1) is 11.0. The summed E-state index contributed by atoms with van der Waals surface area (Å²) in [4.78, 5) is 2.40. The molecule has 2 nitrogen and oxygen atoms in total. The quantitative estimate of drug-likeness (QED) is 0.774. The number of hydrogen-bond donors (Lipinski definition) is 2. The van der Waals surface area contributed by atoms with Gasteiger partial charge in [-0.2, -0.15) is 13.2 Å². The van der Waals surface area contributed by atoms with E-state index in [1.165, 1.54) is 0 Å². The van der Waals surface area contributed by atoms with Crippen LogP contribution in [0, 0.1) is 6.92 Å². The fourth-order valence-corrected chi connectivity index (χ4v) is 1.76. The minimum absolute atomic E-state index is 0.322. The van der Waals surface area contributed by atoms with E-state index in [1.807, 2.05) is 0 Å². The number of fused-ring (bicyclic) bond motifs is 1. The third-order valence-electron chi connectivity index (χ3n) is 2.69. The molecule has 0 fully saturated rings. The van der Waals surface area contributed by atoms with E-state index < -0.39 is 11.9 Å². The maximum absolute atomic E-state index is 12.5. The number of aromatic amines is 1. The van der Waals surface area contributed by atoms with E-state index in [2.05, 4.69) is 4.98 Å². The SMILES string of the molecule is Cc1c(CN)ccc2cc(C(F)(F)F)[nH]c12. The average Bonchev–Trinajstić information content (AvgIpc) is 2.62. The summed E-state index contributed by atoms with van der Waals surface area (Å²) >= 11 is 0. The number of rotatable bonds is 1. The van der Waals surface area contributed by atoms with Crippen LogP contribution in [0.25, 0.3) is 10.9 Å². The van der Waals surface area contributed by atoms with E-state index in [0.29, 0.717) is 17.4 Å².